The van der Waals surface area contributed by atoms with Gasteiger partial charge in [0.15, 0.2) is 0 Å². The molecule has 1 aliphatic rings. The van der Waals surface area contributed by atoms with Gasteiger partial charge < -0.3 is 25.2 Å². The third-order valence-electron chi connectivity index (χ3n) is 6.65. The van der Waals surface area contributed by atoms with Gasteiger partial charge in [0.2, 0.25) is 5.91 Å². The first-order valence-corrected chi connectivity index (χ1v) is 13.5. The Morgan fingerprint density at radius 2 is 1.75 bits per heavy atom. The maximum atomic E-state index is 13.4. The van der Waals surface area contributed by atoms with E-state index in [0.29, 0.717) is 34.6 Å². The van der Waals surface area contributed by atoms with Crippen LogP contribution in [0, 0.1) is 0 Å². The molecule has 0 saturated carbocycles. The monoisotopic (exact) mass is 555 g/mol. The van der Waals surface area contributed by atoms with E-state index in [1.807, 2.05) is 61.5 Å². The Morgan fingerprint density at radius 1 is 1.00 bits per heavy atom. The Labute approximate surface area is 236 Å². The second-order valence-electron chi connectivity index (χ2n) is 9.64. The van der Waals surface area contributed by atoms with Crippen molar-refractivity contribution in [2.45, 2.75) is 6.92 Å². The van der Waals surface area contributed by atoms with Crippen molar-refractivity contribution < 1.29 is 19.1 Å². The quantitative estimate of drug-likeness (QED) is 0.235. The SMILES string of the molecule is COC(=O)c1ccc2c(c1)NC(=O)C2=C(Nc1ccc(N(CCN(C)C)C(C)=O)cc1)c1ccc2scnc2c1. The Morgan fingerprint density at radius 3 is 2.45 bits per heavy atom. The molecule has 0 aliphatic carbocycles. The second-order valence-corrected chi connectivity index (χ2v) is 10.5. The first-order valence-electron chi connectivity index (χ1n) is 12.7. The fraction of sp³-hybridized carbons (Fsp3) is 0.200. The van der Waals surface area contributed by atoms with Crippen LogP contribution in [0.3, 0.4) is 0 Å². The van der Waals surface area contributed by atoms with Gasteiger partial charge in [-0.25, -0.2) is 9.78 Å². The fourth-order valence-corrected chi connectivity index (χ4v) is 5.25. The number of methoxy groups -OCH3 is 1. The largest absolute Gasteiger partial charge is 0.465 e. The number of fused-ring (bicyclic) bond motifs is 2. The Kier molecular flexibility index (Phi) is 7.63. The minimum atomic E-state index is -0.480. The summed E-state index contributed by atoms with van der Waals surface area (Å²) in [6.45, 7) is 2.87. The van der Waals surface area contributed by atoms with Crippen LogP contribution >= 0.6 is 11.3 Å². The second kappa shape index (κ2) is 11.3. The number of benzene rings is 3. The van der Waals surface area contributed by atoms with Gasteiger partial charge in [-0.1, -0.05) is 12.1 Å². The van der Waals surface area contributed by atoms with Crippen molar-refractivity contribution in [2.24, 2.45) is 0 Å². The number of aromatic nitrogens is 1. The van der Waals surface area contributed by atoms with E-state index >= 15 is 0 Å². The van der Waals surface area contributed by atoms with Crippen LogP contribution in [0.25, 0.3) is 21.5 Å². The average Bonchev–Trinajstić information content (AvgIpc) is 3.54. The molecule has 5 rings (SSSR count). The summed E-state index contributed by atoms with van der Waals surface area (Å²) in [5, 5.41) is 6.34. The Hall–Kier alpha value is -4.54. The van der Waals surface area contributed by atoms with Gasteiger partial charge in [-0.2, -0.15) is 0 Å². The molecule has 0 spiro atoms. The summed E-state index contributed by atoms with van der Waals surface area (Å²) in [6, 6.07) is 18.4. The highest BCUT2D eigenvalue weighted by molar-refractivity contribution is 7.16. The number of anilines is 3. The number of ether oxygens (including phenoxy) is 1. The van der Waals surface area contributed by atoms with E-state index in [2.05, 4.69) is 15.6 Å². The number of carbonyl (C=O) groups is 3. The molecule has 2 amide bonds. The molecular formula is C30H29N5O4S. The summed E-state index contributed by atoms with van der Waals surface area (Å²) >= 11 is 1.55. The van der Waals surface area contributed by atoms with Gasteiger partial charge in [-0.3, -0.25) is 9.59 Å². The maximum Gasteiger partial charge on any atom is 0.337 e. The van der Waals surface area contributed by atoms with E-state index in [4.69, 9.17) is 4.74 Å². The predicted octanol–water partition coefficient (Wildman–Crippen LogP) is 4.93. The Bertz CT molecular complexity index is 1640. The molecule has 0 radical (unpaired) electrons. The summed E-state index contributed by atoms with van der Waals surface area (Å²) in [5.74, 6) is -0.805. The molecule has 1 aromatic heterocycles. The van der Waals surface area contributed by atoms with Gasteiger partial charge in [-0.15, -0.1) is 11.3 Å². The highest BCUT2D eigenvalue weighted by Crippen LogP contribution is 2.39. The van der Waals surface area contributed by atoms with Crippen molar-refractivity contribution >= 4 is 67.7 Å². The molecule has 10 heteroatoms. The number of thiazole rings is 1. The van der Waals surface area contributed by atoms with Crippen LogP contribution in [-0.2, 0) is 14.3 Å². The van der Waals surface area contributed by atoms with Crippen molar-refractivity contribution in [3.05, 3.63) is 82.9 Å². The van der Waals surface area contributed by atoms with Crippen molar-refractivity contribution in [2.75, 3.05) is 49.8 Å². The number of likely N-dealkylation sites (N-methyl/N-ethyl adjacent to an activating group) is 1. The lowest BCUT2D eigenvalue weighted by Gasteiger charge is -2.23. The third-order valence-corrected chi connectivity index (χ3v) is 7.46. The first-order chi connectivity index (χ1) is 19.2. The van der Waals surface area contributed by atoms with Crippen LogP contribution in [-0.4, -0.2) is 62.0 Å². The minimum Gasteiger partial charge on any atom is -0.465 e. The van der Waals surface area contributed by atoms with Gasteiger partial charge in [0.05, 0.1) is 45.4 Å². The highest BCUT2D eigenvalue weighted by Gasteiger charge is 2.29. The van der Waals surface area contributed by atoms with Gasteiger partial charge in [0.25, 0.3) is 5.91 Å². The van der Waals surface area contributed by atoms with E-state index in [9.17, 15) is 14.4 Å². The fourth-order valence-electron chi connectivity index (χ4n) is 4.60. The van der Waals surface area contributed by atoms with E-state index in [-0.39, 0.29) is 11.8 Å². The molecule has 9 nitrogen and oxygen atoms in total. The molecule has 0 bridgehead atoms. The number of nitrogens with zero attached hydrogens (tertiary/aromatic N) is 3. The molecule has 3 aromatic carbocycles. The maximum absolute atomic E-state index is 13.4. The summed E-state index contributed by atoms with van der Waals surface area (Å²) in [4.78, 5) is 46.0. The number of carbonyl (C=O) groups excluding carboxylic acids is 3. The number of nitrogens with one attached hydrogen (secondary N) is 2. The summed E-state index contributed by atoms with van der Waals surface area (Å²) < 4.78 is 5.88. The molecule has 0 unspecified atom stereocenters. The zero-order chi connectivity index (χ0) is 28.4. The van der Waals surface area contributed by atoms with Crippen LogP contribution in [0.4, 0.5) is 17.1 Å². The highest BCUT2D eigenvalue weighted by atomic mass is 32.1. The lowest BCUT2D eigenvalue weighted by Crippen LogP contribution is -2.35. The van der Waals surface area contributed by atoms with E-state index in [0.717, 1.165) is 33.7 Å². The van der Waals surface area contributed by atoms with E-state index in [1.165, 1.54) is 7.11 Å². The summed E-state index contributed by atoms with van der Waals surface area (Å²) in [7, 11) is 5.26. The Balaban J connectivity index is 1.56. The van der Waals surface area contributed by atoms with Crippen molar-refractivity contribution in [1.29, 1.82) is 0 Å². The van der Waals surface area contributed by atoms with Gasteiger partial charge in [-0.05, 0) is 62.6 Å². The lowest BCUT2D eigenvalue weighted by atomic mass is 9.98. The molecule has 4 aromatic rings. The minimum absolute atomic E-state index is 0.0347. The predicted molar refractivity (Wildman–Crippen MR) is 159 cm³/mol. The molecule has 0 saturated heterocycles. The van der Waals surface area contributed by atoms with Crippen LogP contribution < -0.4 is 15.5 Å². The average molecular weight is 556 g/mol. The zero-order valence-electron chi connectivity index (χ0n) is 22.6. The smallest absolute Gasteiger partial charge is 0.337 e. The number of amides is 2. The van der Waals surface area contributed by atoms with Crippen molar-refractivity contribution in [1.82, 2.24) is 9.88 Å². The first kappa shape index (κ1) is 27.0. The molecule has 1 aliphatic heterocycles. The molecule has 0 atom stereocenters. The molecule has 2 heterocycles. The standard InChI is InChI=1S/C30H29N5O4S/c1-18(36)35(14-13-34(2)3)22-9-7-21(8-10-22)32-28(19-6-12-26-25(15-19)31-17-40-26)27-23-11-5-20(30(38)39-4)16-24(23)33-29(27)37/h5-12,15-17,32H,13-14H2,1-4H3,(H,33,37). The number of hydrogen-bond donors (Lipinski definition) is 2. The lowest BCUT2D eigenvalue weighted by molar-refractivity contribution is -0.116. The van der Waals surface area contributed by atoms with Crippen LogP contribution in [0.5, 0.6) is 0 Å². The van der Waals surface area contributed by atoms with Crippen LogP contribution in [0.1, 0.15) is 28.4 Å². The molecule has 0 fully saturated rings. The molecule has 2 N–H and O–H groups in total. The molecular weight excluding hydrogens is 526 g/mol. The normalized spacial score (nSPS) is 13.7. The number of esters is 1. The number of hydrogen-bond acceptors (Lipinski definition) is 8. The molecule has 204 valence electrons. The topological polar surface area (TPSA) is 104 Å². The summed E-state index contributed by atoms with van der Waals surface area (Å²) in [6.07, 6.45) is 0. The van der Waals surface area contributed by atoms with Gasteiger partial charge in [0.1, 0.15) is 0 Å². The summed E-state index contributed by atoms with van der Waals surface area (Å²) in [5.41, 5.74) is 7.53. The van der Waals surface area contributed by atoms with E-state index < -0.39 is 5.97 Å². The van der Waals surface area contributed by atoms with E-state index in [1.54, 1.807) is 46.9 Å². The molecule has 40 heavy (non-hydrogen) atoms. The van der Waals surface area contributed by atoms with Crippen molar-refractivity contribution in [3.8, 4) is 0 Å². The van der Waals surface area contributed by atoms with Gasteiger partial charge in [0, 0.05) is 42.5 Å². The zero-order valence-corrected chi connectivity index (χ0v) is 23.5. The van der Waals surface area contributed by atoms with Crippen LogP contribution in [0.2, 0.25) is 0 Å². The number of rotatable bonds is 8. The van der Waals surface area contributed by atoms with Crippen molar-refractivity contribution in [3.63, 3.8) is 0 Å². The third kappa shape index (κ3) is 5.45. The van der Waals surface area contributed by atoms with Crippen LogP contribution in [0.15, 0.2) is 66.2 Å². The van der Waals surface area contributed by atoms with Gasteiger partial charge >= 0.3 is 5.97 Å².